The summed E-state index contributed by atoms with van der Waals surface area (Å²) in [5, 5.41) is 39.0. The van der Waals surface area contributed by atoms with Crippen LogP contribution in [0, 0.1) is 56.2 Å². The predicted octanol–water partition coefficient (Wildman–Crippen LogP) is 3.84. The Morgan fingerprint density at radius 1 is 1.11 bits per heavy atom. The number of nitrogens with one attached hydrogen (secondary N) is 1. The molecule has 2 heterocycles. The van der Waals surface area contributed by atoms with Crippen molar-refractivity contribution in [3.63, 3.8) is 0 Å². The number of hydrogen-bond acceptors (Lipinski definition) is 7. The third-order valence-corrected chi connectivity index (χ3v) is 5.97. The van der Waals surface area contributed by atoms with Crippen molar-refractivity contribution in [3.8, 4) is 24.0 Å². The minimum Gasteiger partial charge on any atom is -0.497 e. The molecule has 1 N–H and O–H groups in total. The maximum atomic E-state index is 10.2. The number of rotatable bonds is 5. The average molecular weight is 378 g/mol. The van der Waals surface area contributed by atoms with E-state index in [4.69, 9.17) is 19.6 Å². The van der Waals surface area contributed by atoms with Gasteiger partial charge >= 0.3 is 0 Å². The molecule has 144 valence electrons. The number of methoxy groups -OCH3 is 1. The molecule has 7 nitrogen and oxygen atoms in total. The highest BCUT2D eigenvalue weighted by molar-refractivity contribution is 5.89. The van der Waals surface area contributed by atoms with Crippen LogP contribution in [-0.2, 0) is 9.47 Å². The van der Waals surface area contributed by atoms with Gasteiger partial charge in [-0.05, 0) is 30.5 Å². The van der Waals surface area contributed by atoms with Gasteiger partial charge in [-0.1, -0.05) is 26.0 Å². The SMILES string of the molecule is CCCC12OC(=N)C(C#N)(C1CC)C(C#N)(C#N)C(c1ccc(OC)cc1)O2. The van der Waals surface area contributed by atoms with Crippen LogP contribution in [0.4, 0.5) is 0 Å². The minimum atomic E-state index is -1.91. The summed E-state index contributed by atoms with van der Waals surface area (Å²) in [7, 11) is 1.54. The summed E-state index contributed by atoms with van der Waals surface area (Å²) >= 11 is 0. The predicted molar refractivity (Wildman–Crippen MR) is 98.8 cm³/mol. The van der Waals surface area contributed by atoms with Crippen molar-refractivity contribution in [2.24, 2.45) is 16.7 Å². The number of ether oxygens (including phenoxy) is 3. The molecule has 2 aliphatic rings. The highest BCUT2D eigenvalue weighted by Gasteiger charge is 2.79. The molecular weight excluding hydrogens is 356 g/mol. The molecule has 7 heteroatoms. The van der Waals surface area contributed by atoms with Gasteiger partial charge in [0, 0.05) is 6.42 Å². The Bertz CT molecular complexity index is 894. The molecular formula is C21H22N4O3. The van der Waals surface area contributed by atoms with Crippen LogP contribution < -0.4 is 4.74 Å². The van der Waals surface area contributed by atoms with E-state index >= 15 is 0 Å². The molecule has 0 amide bonds. The van der Waals surface area contributed by atoms with E-state index in [0.717, 1.165) is 0 Å². The minimum absolute atomic E-state index is 0.352. The lowest BCUT2D eigenvalue weighted by atomic mass is 9.52. The first-order chi connectivity index (χ1) is 13.4. The summed E-state index contributed by atoms with van der Waals surface area (Å²) < 4.78 is 17.4. The Morgan fingerprint density at radius 2 is 1.75 bits per heavy atom. The van der Waals surface area contributed by atoms with Crippen molar-refractivity contribution in [2.75, 3.05) is 7.11 Å². The van der Waals surface area contributed by atoms with E-state index in [9.17, 15) is 15.8 Å². The van der Waals surface area contributed by atoms with Crippen LogP contribution >= 0.6 is 0 Å². The standard InChI is InChI=1S/C21H22N4O3/c1-4-10-21-16(5-2)20(13-24,18(25)28-21)19(11-22,12-23)17(27-21)14-6-8-15(26-3)9-7-14/h6-9,16-17,25H,4-5,10H2,1-3H3. The van der Waals surface area contributed by atoms with E-state index < -0.39 is 28.6 Å². The molecule has 2 saturated heterocycles. The molecule has 0 radical (unpaired) electrons. The molecule has 2 aliphatic heterocycles. The Balaban J connectivity index is 2.29. The van der Waals surface area contributed by atoms with Gasteiger partial charge in [0.15, 0.2) is 5.41 Å². The fourth-order valence-corrected chi connectivity index (χ4v) is 4.75. The van der Waals surface area contributed by atoms with Crippen LogP contribution in [0.1, 0.15) is 44.8 Å². The molecule has 2 fully saturated rings. The molecule has 0 aliphatic carbocycles. The van der Waals surface area contributed by atoms with E-state index in [1.165, 1.54) is 0 Å². The molecule has 0 aromatic heterocycles. The number of hydrogen-bond donors (Lipinski definition) is 1. The van der Waals surface area contributed by atoms with E-state index in [2.05, 4.69) is 18.2 Å². The first kappa shape index (κ1) is 19.7. The van der Waals surface area contributed by atoms with Crippen LogP contribution in [0.15, 0.2) is 24.3 Å². The van der Waals surface area contributed by atoms with E-state index in [1.807, 2.05) is 13.8 Å². The molecule has 28 heavy (non-hydrogen) atoms. The Morgan fingerprint density at radius 3 is 2.21 bits per heavy atom. The number of nitrogens with zero attached hydrogens (tertiary/aromatic N) is 3. The summed E-state index contributed by atoms with van der Waals surface area (Å²) in [6.45, 7) is 3.82. The lowest BCUT2D eigenvalue weighted by Crippen LogP contribution is -2.59. The molecule has 0 saturated carbocycles. The van der Waals surface area contributed by atoms with E-state index in [0.29, 0.717) is 30.6 Å². The monoisotopic (exact) mass is 378 g/mol. The van der Waals surface area contributed by atoms with Gasteiger partial charge in [-0.15, -0.1) is 0 Å². The Labute approximate surface area is 164 Å². The lowest BCUT2D eigenvalue weighted by Gasteiger charge is -2.49. The number of fused-ring (bicyclic) bond motifs is 2. The molecule has 3 rings (SSSR count). The number of nitriles is 3. The van der Waals surface area contributed by atoms with Gasteiger partial charge in [0.25, 0.3) is 0 Å². The molecule has 4 unspecified atom stereocenters. The Hall–Kier alpha value is -3.08. The zero-order valence-corrected chi connectivity index (χ0v) is 16.2. The van der Waals surface area contributed by atoms with Gasteiger partial charge in [-0.3, -0.25) is 5.41 Å². The second kappa shape index (κ2) is 6.82. The summed E-state index contributed by atoms with van der Waals surface area (Å²) in [5.74, 6) is -1.53. The van der Waals surface area contributed by atoms with Gasteiger partial charge in [0.2, 0.25) is 17.1 Å². The fraction of sp³-hybridized carbons (Fsp3) is 0.524. The van der Waals surface area contributed by atoms with Crippen molar-refractivity contribution in [2.45, 2.75) is 45.0 Å². The van der Waals surface area contributed by atoms with Gasteiger partial charge in [-0.2, -0.15) is 15.8 Å². The Kier molecular flexibility index (Phi) is 4.79. The molecule has 0 spiro atoms. The van der Waals surface area contributed by atoms with Crippen molar-refractivity contribution in [1.82, 2.24) is 0 Å². The van der Waals surface area contributed by atoms with Crippen molar-refractivity contribution >= 4 is 5.90 Å². The highest BCUT2D eigenvalue weighted by atomic mass is 16.7. The highest BCUT2D eigenvalue weighted by Crippen LogP contribution is 2.68. The average Bonchev–Trinajstić information content (AvgIpc) is 2.91. The smallest absolute Gasteiger partial charge is 0.217 e. The maximum absolute atomic E-state index is 10.2. The molecule has 1 aromatic carbocycles. The quantitative estimate of drug-likeness (QED) is 0.830. The summed E-state index contributed by atoms with van der Waals surface area (Å²) in [6, 6.07) is 13.1. The molecule has 2 bridgehead atoms. The second-order valence-corrected chi connectivity index (χ2v) is 7.18. The summed E-state index contributed by atoms with van der Waals surface area (Å²) in [6.07, 6.45) is 0.560. The third kappa shape index (κ3) is 2.19. The first-order valence-corrected chi connectivity index (χ1v) is 9.28. The normalized spacial score (nSPS) is 32.5. The maximum Gasteiger partial charge on any atom is 0.217 e. The van der Waals surface area contributed by atoms with Crippen molar-refractivity contribution in [1.29, 1.82) is 21.2 Å². The fourth-order valence-electron chi connectivity index (χ4n) is 4.75. The lowest BCUT2D eigenvalue weighted by molar-refractivity contribution is -0.286. The number of benzene rings is 1. The van der Waals surface area contributed by atoms with Crippen LogP contribution in [-0.4, -0.2) is 18.8 Å². The van der Waals surface area contributed by atoms with E-state index in [-0.39, 0.29) is 5.90 Å². The zero-order valence-electron chi connectivity index (χ0n) is 16.2. The zero-order chi connectivity index (χ0) is 20.6. The summed E-state index contributed by atoms with van der Waals surface area (Å²) in [5.41, 5.74) is -3.05. The summed E-state index contributed by atoms with van der Waals surface area (Å²) in [4.78, 5) is 0. The second-order valence-electron chi connectivity index (χ2n) is 7.18. The van der Waals surface area contributed by atoms with Gasteiger partial charge in [0.1, 0.15) is 11.9 Å². The molecule has 4 atom stereocenters. The van der Waals surface area contributed by atoms with Crippen LogP contribution in [0.2, 0.25) is 0 Å². The van der Waals surface area contributed by atoms with Crippen LogP contribution in [0.3, 0.4) is 0 Å². The third-order valence-electron chi connectivity index (χ3n) is 5.97. The largest absolute Gasteiger partial charge is 0.497 e. The van der Waals surface area contributed by atoms with E-state index in [1.54, 1.807) is 31.4 Å². The van der Waals surface area contributed by atoms with Crippen molar-refractivity contribution in [3.05, 3.63) is 29.8 Å². The molecule has 1 aromatic rings. The topological polar surface area (TPSA) is 123 Å². The van der Waals surface area contributed by atoms with Gasteiger partial charge in [0.05, 0.1) is 31.2 Å². The van der Waals surface area contributed by atoms with Gasteiger partial charge in [-0.25, -0.2) is 0 Å². The first-order valence-electron chi connectivity index (χ1n) is 9.28. The van der Waals surface area contributed by atoms with Crippen LogP contribution in [0.25, 0.3) is 0 Å². The van der Waals surface area contributed by atoms with Gasteiger partial charge < -0.3 is 14.2 Å². The van der Waals surface area contributed by atoms with Crippen molar-refractivity contribution < 1.29 is 14.2 Å². The van der Waals surface area contributed by atoms with Crippen LogP contribution in [0.5, 0.6) is 5.75 Å².